The van der Waals surface area contributed by atoms with Crippen molar-refractivity contribution >= 4 is 22.4 Å². The number of sulfonamides is 1. The highest BCUT2D eigenvalue weighted by Gasteiger charge is 2.28. The lowest BCUT2D eigenvalue weighted by atomic mass is 10.2. The molecule has 7 heteroatoms. The minimum atomic E-state index is -3.49. The van der Waals surface area contributed by atoms with E-state index in [-0.39, 0.29) is 23.3 Å². The molecule has 0 amide bonds. The van der Waals surface area contributed by atoms with Crippen molar-refractivity contribution < 1.29 is 8.42 Å². The molecular weight excluding hydrogens is 286 g/mol. The topological polar surface area (TPSA) is 73.2 Å². The number of hydrogen-bond acceptors (Lipinski definition) is 4. The Morgan fingerprint density at radius 2 is 2.21 bits per heavy atom. The molecule has 0 unspecified atom stereocenters. The monoisotopic (exact) mass is 301 g/mol. The number of piperazine rings is 1. The van der Waals surface area contributed by atoms with Gasteiger partial charge in [-0.15, -0.1) is 12.4 Å². The molecule has 0 radical (unpaired) electrons. The minimum Gasteiger partial charge on any atom is -0.312 e. The molecule has 1 aliphatic heterocycles. The predicted octanol–water partition coefficient (Wildman–Crippen LogP) is 0.962. The molecule has 1 heterocycles. The van der Waals surface area contributed by atoms with Crippen LogP contribution >= 0.6 is 12.4 Å². The van der Waals surface area contributed by atoms with E-state index in [1.54, 1.807) is 12.1 Å². The second kappa shape index (κ2) is 6.35. The summed E-state index contributed by atoms with van der Waals surface area (Å²) in [6.07, 6.45) is 0. The average molecular weight is 302 g/mol. The first kappa shape index (κ1) is 15.9. The molecule has 0 aromatic heterocycles. The Kier molecular flexibility index (Phi) is 5.32. The van der Waals surface area contributed by atoms with Gasteiger partial charge in [0.15, 0.2) is 0 Å². The SMILES string of the molecule is C[C@H]1CN(S(=O)(=O)c2cccc(C#N)c2)CCN1.Cl. The molecule has 19 heavy (non-hydrogen) atoms. The highest BCUT2D eigenvalue weighted by Crippen LogP contribution is 2.18. The van der Waals surface area contributed by atoms with Gasteiger partial charge in [-0.3, -0.25) is 0 Å². The third-order valence-corrected chi connectivity index (χ3v) is 4.79. The highest BCUT2D eigenvalue weighted by atomic mass is 35.5. The maximum absolute atomic E-state index is 12.4. The van der Waals surface area contributed by atoms with Crippen molar-refractivity contribution in [2.24, 2.45) is 0 Å². The molecule has 1 N–H and O–H groups in total. The molecular formula is C12H16ClN3O2S. The van der Waals surface area contributed by atoms with E-state index in [0.29, 0.717) is 25.2 Å². The summed E-state index contributed by atoms with van der Waals surface area (Å²) in [5.41, 5.74) is 0.360. The predicted molar refractivity (Wildman–Crippen MR) is 74.6 cm³/mol. The van der Waals surface area contributed by atoms with Gasteiger partial charge in [0.05, 0.1) is 16.5 Å². The summed E-state index contributed by atoms with van der Waals surface area (Å²) in [6, 6.07) is 8.24. The minimum absolute atomic E-state index is 0. The Hall–Kier alpha value is -1.13. The van der Waals surface area contributed by atoms with Crippen LogP contribution in [0.25, 0.3) is 0 Å². The Morgan fingerprint density at radius 1 is 1.47 bits per heavy atom. The normalized spacial score (nSPS) is 20.3. The van der Waals surface area contributed by atoms with Crippen LogP contribution < -0.4 is 5.32 Å². The van der Waals surface area contributed by atoms with Crippen molar-refractivity contribution in [1.29, 1.82) is 5.26 Å². The Balaban J connectivity index is 0.00000180. The van der Waals surface area contributed by atoms with E-state index in [4.69, 9.17) is 5.26 Å². The van der Waals surface area contributed by atoms with E-state index in [1.165, 1.54) is 16.4 Å². The van der Waals surface area contributed by atoms with Gasteiger partial charge >= 0.3 is 0 Å². The number of nitrogens with zero attached hydrogens (tertiary/aromatic N) is 2. The summed E-state index contributed by atoms with van der Waals surface area (Å²) in [5, 5.41) is 12.0. The molecule has 5 nitrogen and oxygen atoms in total. The number of benzene rings is 1. The number of halogens is 1. The van der Waals surface area contributed by atoms with Gasteiger partial charge in [0.2, 0.25) is 10.0 Å². The molecule has 0 spiro atoms. The van der Waals surface area contributed by atoms with Crippen molar-refractivity contribution in [3.63, 3.8) is 0 Å². The molecule has 0 saturated carbocycles. The summed E-state index contributed by atoms with van der Waals surface area (Å²) in [4.78, 5) is 0.190. The Bertz CT molecular complexity index is 583. The quantitative estimate of drug-likeness (QED) is 0.883. The fraction of sp³-hybridized carbons (Fsp3) is 0.417. The van der Waals surface area contributed by atoms with Crippen LogP contribution in [0.3, 0.4) is 0 Å². The summed E-state index contributed by atoms with van der Waals surface area (Å²) in [7, 11) is -3.49. The molecule has 0 bridgehead atoms. The van der Waals surface area contributed by atoms with Crippen molar-refractivity contribution in [3.8, 4) is 6.07 Å². The van der Waals surface area contributed by atoms with Gasteiger partial charge < -0.3 is 5.32 Å². The molecule has 1 fully saturated rings. The van der Waals surface area contributed by atoms with E-state index < -0.39 is 10.0 Å². The smallest absolute Gasteiger partial charge is 0.243 e. The van der Waals surface area contributed by atoms with Crippen LogP contribution in [-0.4, -0.2) is 38.4 Å². The Labute approximate surface area is 119 Å². The molecule has 1 aliphatic rings. The number of hydrogen-bond donors (Lipinski definition) is 1. The molecule has 1 aromatic rings. The first-order valence-corrected chi connectivity index (χ1v) is 7.22. The maximum Gasteiger partial charge on any atom is 0.243 e. The van der Waals surface area contributed by atoms with Crippen LogP contribution in [0.2, 0.25) is 0 Å². The first-order chi connectivity index (χ1) is 8.54. The van der Waals surface area contributed by atoms with Crippen LogP contribution in [0, 0.1) is 11.3 Å². The zero-order chi connectivity index (χ0) is 13.2. The summed E-state index contributed by atoms with van der Waals surface area (Å²) in [5.74, 6) is 0. The van der Waals surface area contributed by atoms with Crippen LogP contribution in [0.15, 0.2) is 29.2 Å². The lowest BCUT2D eigenvalue weighted by Crippen LogP contribution is -2.51. The third-order valence-electron chi connectivity index (χ3n) is 2.93. The van der Waals surface area contributed by atoms with E-state index in [0.717, 1.165) is 0 Å². The van der Waals surface area contributed by atoms with Gasteiger partial charge in [-0.25, -0.2) is 8.42 Å². The lowest BCUT2D eigenvalue weighted by Gasteiger charge is -2.31. The van der Waals surface area contributed by atoms with E-state index in [1.807, 2.05) is 13.0 Å². The number of rotatable bonds is 2. The standard InChI is InChI=1S/C12H15N3O2S.ClH/c1-10-9-15(6-5-14-10)18(16,17)12-4-2-3-11(7-12)8-13;/h2-4,7,10,14H,5-6,9H2,1H3;1H/t10-;/m0./s1. The van der Waals surface area contributed by atoms with Crippen molar-refractivity contribution in [2.45, 2.75) is 17.9 Å². The van der Waals surface area contributed by atoms with Crippen molar-refractivity contribution in [2.75, 3.05) is 19.6 Å². The zero-order valence-corrected chi connectivity index (χ0v) is 12.2. The largest absolute Gasteiger partial charge is 0.312 e. The third kappa shape index (κ3) is 3.45. The molecule has 1 saturated heterocycles. The van der Waals surface area contributed by atoms with Gasteiger partial charge in [-0.05, 0) is 25.1 Å². The van der Waals surface area contributed by atoms with Gasteiger partial charge in [0.1, 0.15) is 0 Å². The lowest BCUT2D eigenvalue weighted by molar-refractivity contribution is 0.310. The van der Waals surface area contributed by atoms with E-state index >= 15 is 0 Å². The molecule has 1 atom stereocenters. The van der Waals surface area contributed by atoms with Gasteiger partial charge in [0, 0.05) is 25.7 Å². The second-order valence-corrected chi connectivity index (χ2v) is 6.30. The average Bonchev–Trinajstić information content (AvgIpc) is 2.39. The van der Waals surface area contributed by atoms with Crippen LogP contribution in [0.5, 0.6) is 0 Å². The van der Waals surface area contributed by atoms with E-state index in [9.17, 15) is 8.42 Å². The fourth-order valence-corrected chi connectivity index (χ4v) is 3.57. The van der Waals surface area contributed by atoms with E-state index in [2.05, 4.69) is 5.32 Å². The molecule has 104 valence electrons. The van der Waals surface area contributed by atoms with Gasteiger partial charge in [0.25, 0.3) is 0 Å². The van der Waals surface area contributed by atoms with Gasteiger partial charge in [-0.2, -0.15) is 9.57 Å². The molecule has 2 rings (SSSR count). The van der Waals surface area contributed by atoms with Crippen molar-refractivity contribution in [1.82, 2.24) is 9.62 Å². The second-order valence-electron chi connectivity index (χ2n) is 4.36. The zero-order valence-electron chi connectivity index (χ0n) is 10.5. The van der Waals surface area contributed by atoms with Crippen LogP contribution in [-0.2, 0) is 10.0 Å². The summed E-state index contributed by atoms with van der Waals surface area (Å²) >= 11 is 0. The number of nitrogens with one attached hydrogen (secondary N) is 1. The maximum atomic E-state index is 12.4. The Morgan fingerprint density at radius 3 is 2.84 bits per heavy atom. The van der Waals surface area contributed by atoms with Gasteiger partial charge in [-0.1, -0.05) is 6.07 Å². The molecule has 0 aliphatic carbocycles. The van der Waals surface area contributed by atoms with Crippen LogP contribution in [0.1, 0.15) is 12.5 Å². The fourth-order valence-electron chi connectivity index (χ4n) is 1.99. The van der Waals surface area contributed by atoms with Crippen LogP contribution in [0.4, 0.5) is 0 Å². The highest BCUT2D eigenvalue weighted by molar-refractivity contribution is 7.89. The molecule has 1 aromatic carbocycles. The van der Waals surface area contributed by atoms with Crippen molar-refractivity contribution in [3.05, 3.63) is 29.8 Å². The number of nitriles is 1. The first-order valence-electron chi connectivity index (χ1n) is 5.78. The summed E-state index contributed by atoms with van der Waals surface area (Å²) < 4.78 is 26.2. The summed E-state index contributed by atoms with van der Waals surface area (Å²) in [6.45, 7) is 3.52.